The lowest BCUT2D eigenvalue weighted by Gasteiger charge is -2.14. The maximum absolute atomic E-state index is 12.1. The summed E-state index contributed by atoms with van der Waals surface area (Å²) in [6.45, 7) is 5.80. The van der Waals surface area contributed by atoms with E-state index in [1.807, 2.05) is 68.4 Å². The van der Waals surface area contributed by atoms with Crippen molar-refractivity contribution in [1.29, 1.82) is 0 Å². The molecule has 0 amide bonds. The number of benzene rings is 2. The Bertz CT molecular complexity index is 888. The van der Waals surface area contributed by atoms with Crippen LogP contribution >= 0.6 is 0 Å². The first-order valence-electron chi connectivity index (χ1n) is 8.32. The SMILES string of the molecule is CC(=O)c1nc2c(OC(C)C)cccc2cc1OCc1ccccc1. The Morgan fingerprint density at radius 3 is 2.48 bits per heavy atom. The first kappa shape index (κ1) is 17.0. The van der Waals surface area contributed by atoms with E-state index < -0.39 is 0 Å². The number of ketones is 1. The van der Waals surface area contributed by atoms with E-state index in [-0.39, 0.29) is 11.9 Å². The molecule has 2 aromatic carbocycles. The minimum Gasteiger partial charge on any atom is -0.489 e. The van der Waals surface area contributed by atoms with Crippen molar-refractivity contribution in [2.75, 3.05) is 0 Å². The fourth-order valence-corrected chi connectivity index (χ4v) is 2.60. The lowest BCUT2D eigenvalue weighted by Crippen LogP contribution is -2.08. The highest BCUT2D eigenvalue weighted by molar-refractivity contribution is 5.98. The molecule has 0 bridgehead atoms. The molecule has 0 fully saturated rings. The zero-order valence-electron chi connectivity index (χ0n) is 14.7. The minimum absolute atomic E-state index is 0.0298. The summed E-state index contributed by atoms with van der Waals surface area (Å²) in [4.78, 5) is 16.6. The van der Waals surface area contributed by atoms with E-state index in [9.17, 15) is 4.79 Å². The Labute approximate surface area is 147 Å². The van der Waals surface area contributed by atoms with Gasteiger partial charge in [0.15, 0.2) is 5.78 Å². The average Bonchev–Trinajstić information content (AvgIpc) is 2.59. The number of pyridine rings is 1. The highest BCUT2D eigenvalue weighted by Crippen LogP contribution is 2.30. The highest BCUT2D eigenvalue weighted by atomic mass is 16.5. The zero-order valence-corrected chi connectivity index (χ0v) is 14.7. The standard InChI is InChI=1S/C21H21NO3/c1-14(2)25-18-11-7-10-17-12-19(20(15(3)23)22-21(17)18)24-13-16-8-5-4-6-9-16/h4-12,14H,13H2,1-3H3. The lowest BCUT2D eigenvalue weighted by molar-refractivity contribution is 0.100. The van der Waals surface area contributed by atoms with Crippen molar-refractivity contribution in [2.24, 2.45) is 0 Å². The molecule has 1 aromatic heterocycles. The third kappa shape index (κ3) is 3.97. The predicted octanol–water partition coefficient (Wildman–Crippen LogP) is 4.80. The summed E-state index contributed by atoms with van der Waals surface area (Å²) in [5.74, 6) is 1.03. The van der Waals surface area contributed by atoms with Gasteiger partial charge < -0.3 is 9.47 Å². The van der Waals surface area contributed by atoms with Gasteiger partial charge in [-0.05, 0) is 31.5 Å². The molecule has 4 heteroatoms. The molecule has 1 heterocycles. The van der Waals surface area contributed by atoms with Crippen LogP contribution in [0.3, 0.4) is 0 Å². The second-order valence-electron chi connectivity index (χ2n) is 6.16. The Balaban J connectivity index is 2.00. The predicted molar refractivity (Wildman–Crippen MR) is 98.3 cm³/mol. The Kier molecular flexibility index (Phi) is 4.98. The van der Waals surface area contributed by atoms with Crippen LogP contribution in [0.5, 0.6) is 11.5 Å². The third-order valence-electron chi connectivity index (χ3n) is 3.71. The number of aromatic nitrogens is 1. The van der Waals surface area contributed by atoms with Crippen LogP contribution in [-0.2, 0) is 6.61 Å². The number of fused-ring (bicyclic) bond motifs is 1. The van der Waals surface area contributed by atoms with Gasteiger partial charge >= 0.3 is 0 Å². The number of carbonyl (C=O) groups is 1. The van der Waals surface area contributed by atoms with E-state index in [1.165, 1.54) is 6.92 Å². The molecule has 0 radical (unpaired) electrons. The number of rotatable bonds is 6. The van der Waals surface area contributed by atoms with Gasteiger partial charge in [-0.15, -0.1) is 0 Å². The van der Waals surface area contributed by atoms with Crippen LogP contribution in [0, 0.1) is 0 Å². The first-order chi connectivity index (χ1) is 12.0. The molecule has 25 heavy (non-hydrogen) atoms. The number of carbonyl (C=O) groups excluding carboxylic acids is 1. The number of Topliss-reactive ketones (excluding diaryl/α,β-unsaturated/α-hetero) is 1. The van der Waals surface area contributed by atoms with Gasteiger partial charge in [-0.1, -0.05) is 42.5 Å². The Morgan fingerprint density at radius 2 is 1.80 bits per heavy atom. The zero-order chi connectivity index (χ0) is 17.8. The van der Waals surface area contributed by atoms with Crippen molar-refractivity contribution in [1.82, 2.24) is 4.98 Å². The molecular weight excluding hydrogens is 314 g/mol. The van der Waals surface area contributed by atoms with Gasteiger partial charge in [0.25, 0.3) is 0 Å². The number of nitrogens with zero attached hydrogens (tertiary/aromatic N) is 1. The average molecular weight is 335 g/mol. The smallest absolute Gasteiger partial charge is 0.181 e. The number of hydrogen-bond acceptors (Lipinski definition) is 4. The van der Waals surface area contributed by atoms with E-state index in [2.05, 4.69) is 4.98 Å². The van der Waals surface area contributed by atoms with Gasteiger partial charge in [-0.25, -0.2) is 4.98 Å². The summed E-state index contributed by atoms with van der Waals surface area (Å²) >= 11 is 0. The first-order valence-corrected chi connectivity index (χ1v) is 8.32. The fourth-order valence-electron chi connectivity index (χ4n) is 2.60. The van der Waals surface area contributed by atoms with E-state index in [0.717, 1.165) is 10.9 Å². The number of para-hydroxylation sites is 1. The van der Waals surface area contributed by atoms with Crippen LogP contribution in [0.2, 0.25) is 0 Å². The monoisotopic (exact) mass is 335 g/mol. The van der Waals surface area contributed by atoms with Crippen molar-refractivity contribution in [3.8, 4) is 11.5 Å². The van der Waals surface area contributed by atoms with Crippen molar-refractivity contribution >= 4 is 16.7 Å². The maximum atomic E-state index is 12.1. The van der Waals surface area contributed by atoms with Gasteiger partial charge in [0.05, 0.1) is 6.10 Å². The van der Waals surface area contributed by atoms with Gasteiger partial charge in [0, 0.05) is 12.3 Å². The fraction of sp³-hybridized carbons (Fsp3) is 0.238. The lowest BCUT2D eigenvalue weighted by atomic mass is 10.1. The van der Waals surface area contributed by atoms with Crippen molar-refractivity contribution in [2.45, 2.75) is 33.5 Å². The molecule has 0 aliphatic heterocycles. The molecule has 0 aliphatic rings. The van der Waals surface area contributed by atoms with E-state index in [1.54, 1.807) is 0 Å². The second kappa shape index (κ2) is 7.34. The van der Waals surface area contributed by atoms with Crippen molar-refractivity contribution in [3.05, 3.63) is 65.9 Å². The van der Waals surface area contributed by atoms with Gasteiger partial charge in [-0.3, -0.25) is 4.79 Å². The van der Waals surface area contributed by atoms with Crippen molar-refractivity contribution < 1.29 is 14.3 Å². The van der Waals surface area contributed by atoms with E-state index in [0.29, 0.717) is 29.3 Å². The molecule has 0 spiro atoms. The van der Waals surface area contributed by atoms with Crippen LogP contribution < -0.4 is 9.47 Å². The topological polar surface area (TPSA) is 48.4 Å². The van der Waals surface area contributed by atoms with Crippen LogP contribution in [0.15, 0.2) is 54.6 Å². The van der Waals surface area contributed by atoms with E-state index >= 15 is 0 Å². The molecule has 0 atom stereocenters. The van der Waals surface area contributed by atoms with Gasteiger partial charge in [-0.2, -0.15) is 0 Å². The summed E-state index contributed by atoms with van der Waals surface area (Å²) < 4.78 is 11.7. The minimum atomic E-state index is -0.135. The third-order valence-corrected chi connectivity index (χ3v) is 3.71. The Hall–Kier alpha value is -2.88. The van der Waals surface area contributed by atoms with Crippen LogP contribution in [-0.4, -0.2) is 16.9 Å². The van der Waals surface area contributed by atoms with Gasteiger partial charge in [0.2, 0.25) is 0 Å². The summed E-state index contributed by atoms with van der Waals surface area (Å²) in [6, 6.07) is 17.4. The van der Waals surface area contributed by atoms with Crippen molar-refractivity contribution in [3.63, 3.8) is 0 Å². The largest absolute Gasteiger partial charge is 0.489 e. The van der Waals surface area contributed by atoms with Gasteiger partial charge in [0.1, 0.15) is 29.3 Å². The molecule has 0 N–H and O–H groups in total. The molecule has 0 aliphatic carbocycles. The molecular formula is C21H21NO3. The number of hydrogen-bond donors (Lipinski definition) is 0. The molecule has 3 rings (SSSR count). The second-order valence-corrected chi connectivity index (χ2v) is 6.16. The molecule has 0 saturated carbocycles. The van der Waals surface area contributed by atoms with Crippen LogP contribution in [0.25, 0.3) is 10.9 Å². The van der Waals surface area contributed by atoms with E-state index in [4.69, 9.17) is 9.47 Å². The molecule has 128 valence electrons. The highest BCUT2D eigenvalue weighted by Gasteiger charge is 2.15. The summed E-state index contributed by atoms with van der Waals surface area (Å²) in [5, 5.41) is 0.881. The summed E-state index contributed by atoms with van der Waals surface area (Å²) in [6.07, 6.45) is 0.0298. The number of ether oxygens (including phenoxy) is 2. The summed E-state index contributed by atoms with van der Waals surface area (Å²) in [5.41, 5.74) is 2.03. The molecule has 0 unspecified atom stereocenters. The quantitative estimate of drug-likeness (QED) is 0.607. The Morgan fingerprint density at radius 1 is 1.04 bits per heavy atom. The van der Waals surface area contributed by atoms with Crippen LogP contribution in [0.4, 0.5) is 0 Å². The normalized spacial score (nSPS) is 10.9. The molecule has 3 aromatic rings. The maximum Gasteiger partial charge on any atom is 0.181 e. The molecule has 0 saturated heterocycles. The summed E-state index contributed by atoms with van der Waals surface area (Å²) in [7, 11) is 0. The molecule has 4 nitrogen and oxygen atoms in total. The van der Waals surface area contributed by atoms with Crippen LogP contribution in [0.1, 0.15) is 36.8 Å².